The van der Waals surface area contributed by atoms with Crippen LogP contribution in [0.1, 0.15) is 19.3 Å². The third-order valence-electron chi connectivity index (χ3n) is 3.13. The number of alkyl halides is 3. The lowest BCUT2D eigenvalue weighted by atomic mass is 10.2. The summed E-state index contributed by atoms with van der Waals surface area (Å²) in [6.07, 6.45) is -2.86. The first-order chi connectivity index (χ1) is 9.31. The van der Waals surface area contributed by atoms with Crippen LogP contribution in [0.3, 0.4) is 0 Å². The second-order valence-electron chi connectivity index (χ2n) is 5.06. The number of nitrogens with one attached hydrogen (secondary N) is 1. The fourth-order valence-corrected chi connectivity index (χ4v) is 2.13. The van der Waals surface area contributed by atoms with Crippen LogP contribution in [-0.2, 0) is 9.53 Å². The molecule has 1 aliphatic heterocycles. The summed E-state index contributed by atoms with van der Waals surface area (Å²) in [6, 6.07) is 0. The quantitative estimate of drug-likeness (QED) is 0.664. The lowest BCUT2D eigenvalue weighted by Gasteiger charge is -2.18. The summed E-state index contributed by atoms with van der Waals surface area (Å²) >= 11 is 0. The zero-order valence-corrected chi connectivity index (χ0v) is 14.0. The van der Waals surface area contributed by atoms with Crippen molar-refractivity contribution in [2.45, 2.75) is 37.6 Å². The monoisotopic (exact) mass is 369 g/mol. The number of hydrogen-bond acceptors (Lipinski definition) is 4. The van der Waals surface area contributed by atoms with Crippen molar-refractivity contribution < 1.29 is 22.7 Å². The number of carbonyl (C=O) groups excluding carboxylic acids is 1. The van der Waals surface area contributed by atoms with Gasteiger partial charge in [-0.2, -0.15) is 13.2 Å². The summed E-state index contributed by atoms with van der Waals surface area (Å²) in [4.78, 5) is 12.9. The van der Waals surface area contributed by atoms with E-state index in [1.54, 1.807) is 0 Å². The Kier molecular flexibility index (Phi) is 12.3. The summed E-state index contributed by atoms with van der Waals surface area (Å²) in [7, 11) is 1.40. The maximum atomic E-state index is 12.1. The van der Waals surface area contributed by atoms with E-state index in [1.807, 2.05) is 0 Å². The topological polar surface area (TPSA) is 67.6 Å². The smallest absolute Gasteiger partial charge is 0.364 e. The largest absolute Gasteiger partial charge is 0.401 e. The summed E-state index contributed by atoms with van der Waals surface area (Å²) in [5.74, 6) is -0.209. The average Bonchev–Trinajstić information content (AvgIpc) is 2.81. The standard InChI is InChI=1S/C12H22F3N3O2.2ClH/c1-18(8-12(13,14)15)6-2-5-17-11(19)10-4-3-9(7-16)20-10;;/h9-10H,2-8,16H2,1H3,(H,17,19);2*1H/t9-,10+;;/m1../s1. The predicted molar refractivity (Wildman–Crippen MR) is 82.6 cm³/mol. The minimum Gasteiger partial charge on any atom is -0.364 e. The molecule has 5 nitrogen and oxygen atoms in total. The van der Waals surface area contributed by atoms with E-state index in [0.29, 0.717) is 25.9 Å². The minimum atomic E-state index is -4.19. The van der Waals surface area contributed by atoms with E-state index in [1.165, 1.54) is 11.9 Å². The van der Waals surface area contributed by atoms with Crippen molar-refractivity contribution in [2.24, 2.45) is 5.73 Å². The van der Waals surface area contributed by atoms with E-state index in [-0.39, 0.29) is 43.4 Å². The van der Waals surface area contributed by atoms with Gasteiger partial charge >= 0.3 is 6.18 Å². The molecular formula is C12H24Cl2F3N3O2. The molecule has 1 amide bonds. The Balaban J connectivity index is 0. The first-order valence-electron chi connectivity index (χ1n) is 6.70. The predicted octanol–water partition coefficient (Wildman–Crippen LogP) is 1.34. The van der Waals surface area contributed by atoms with Gasteiger partial charge in [0, 0.05) is 13.1 Å². The highest BCUT2D eigenvalue weighted by Crippen LogP contribution is 2.18. The van der Waals surface area contributed by atoms with Crippen molar-refractivity contribution >= 4 is 30.7 Å². The number of nitrogens with two attached hydrogens (primary N) is 1. The van der Waals surface area contributed by atoms with Crippen LogP contribution >= 0.6 is 24.8 Å². The maximum absolute atomic E-state index is 12.1. The Morgan fingerprint density at radius 1 is 1.36 bits per heavy atom. The molecule has 0 saturated carbocycles. The Morgan fingerprint density at radius 3 is 2.50 bits per heavy atom. The molecule has 22 heavy (non-hydrogen) atoms. The molecular weight excluding hydrogens is 346 g/mol. The van der Waals surface area contributed by atoms with Crippen LogP contribution < -0.4 is 11.1 Å². The molecule has 0 aromatic rings. The van der Waals surface area contributed by atoms with Gasteiger partial charge in [0.05, 0.1) is 12.6 Å². The summed E-state index contributed by atoms with van der Waals surface area (Å²) in [5.41, 5.74) is 5.45. The Hall–Kier alpha value is -0.280. The molecule has 3 N–H and O–H groups in total. The number of ether oxygens (including phenoxy) is 1. The first-order valence-corrected chi connectivity index (χ1v) is 6.70. The van der Waals surface area contributed by atoms with Crippen LogP contribution in [0.15, 0.2) is 0 Å². The van der Waals surface area contributed by atoms with Crippen molar-refractivity contribution in [3.05, 3.63) is 0 Å². The highest BCUT2D eigenvalue weighted by atomic mass is 35.5. The van der Waals surface area contributed by atoms with Gasteiger partial charge in [-0.05, 0) is 32.9 Å². The van der Waals surface area contributed by atoms with Crippen LogP contribution in [0.5, 0.6) is 0 Å². The van der Waals surface area contributed by atoms with Gasteiger partial charge in [0.2, 0.25) is 5.91 Å². The second-order valence-corrected chi connectivity index (χ2v) is 5.06. The highest BCUT2D eigenvalue weighted by molar-refractivity contribution is 5.85. The van der Waals surface area contributed by atoms with Gasteiger partial charge in [0.25, 0.3) is 0 Å². The number of hydrogen-bond donors (Lipinski definition) is 2. The Morgan fingerprint density at radius 2 is 2.00 bits per heavy atom. The fourth-order valence-electron chi connectivity index (χ4n) is 2.13. The molecule has 1 heterocycles. The number of rotatable bonds is 7. The van der Waals surface area contributed by atoms with Crippen molar-refractivity contribution in [2.75, 3.05) is 33.2 Å². The molecule has 0 aliphatic carbocycles. The number of carbonyl (C=O) groups is 1. The molecule has 0 spiro atoms. The zero-order valence-electron chi connectivity index (χ0n) is 12.4. The van der Waals surface area contributed by atoms with Crippen molar-refractivity contribution in [1.29, 1.82) is 0 Å². The molecule has 10 heteroatoms. The van der Waals surface area contributed by atoms with Crippen molar-refractivity contribution in [1.82, 2.24) is 10.2 Å². The van der Waals surface area contributed by atoms with Crippen LogP contribution in [0.2, 0.25) is 0 Å². The lowest BCUT2D eigenvalue weighted by molar-refractivity contribution is -0.143. The van der Waals surface area contributed by atoms with Crippen LogP contribution in [0, 0.1) is 0 Å². The molecule has 0 aromatic heterocycles. The van der Waals surface area contributed by atoms with Gasteiger partial charge in [-0.15, -0.1) is 24.8 Å². The third-order valence-corrected chi connectivity index (χ3v) is 3.13. The van der Waals surface area contributed by atoms with Crippen molar-refractivity contribution in [3.63, 3.8) is 0 Å². The molecule has 1 fully saturated rings. The third kappa shape index (κ3) is 9.68. The molecule has 2 atom stereocenters. The fraction of sp³-hybridized carbons (Fsp3) is 0.917. The van der Waals surface area contributed by atoms with Crippen LogP contribution in [0.4, 0.5) is 13.2 Å². The van der Waals surface area contributed by atoms with Crippen LogP contribution in [0.25, 0.3) is 0 Å². The summed E-state index contributed by atoms with van der Waals surface area (Å²) < 4.78 is 41.7. The molecule has 1 rings (SSSR count). The van der Waals surface area contributed by atoms with Gasteiger partial charge in [0.1, 0.15) is 6.10 Å². The first kappa shape index (κ1) is 24.0. The lowest BCUT2D eigenvalue weighted by Crippen LogP contribution is -2.37. The van der Waals surface area contributed by atoms with Gasteiger partial charge < -0.3 is 15.8 Å². The second kappa shape index (κ2) is 11.3. The Labute approximate surface area is 140 Å². The van der Waals surface area contributed by atoms with Gasteiger partial charge in [-0.3, -0.25) is 9.69 Å². The molecule has 0 aromatic carbocycles. The van der Waals surface area contributed by atoms with Crippen LogP contribution in [-0.4, -0.2) is 62.4 Å². The SMILES string of the molecule is CN(CCCNC(=O)[C@@H]1CC[C@H](CN)O1)CC(F)(F)F.Cl.Cl. The van der Waals surface area contributed by atoms with E-state index in [9.17, 15) is 18.0 Å². The van der Waals surface area contributed by atoms with E-state index >= 15 is 0 Å². The van der Waals surface area contributed by atoms with Gasteiger partial charge in [-0.1, -0.05) is 0 Å². The molecule has 0 radical (unpaired) electrons. The molecule has 134 valence electrons. The molecule has 1 saturated heterocycles. The average molecular weight is 370 g/mol. The number of halogens is 5. The molecule has 1 aliphatic rings. The molecule has 0 bridgehead atoms. The normalized spacial score (nSPS) is 21.2. The summed E-state index contributed by atoms with van der Waals surface area (Å²) in [5, 5.41) is 2.67. The van der Waals surface area contributed by atoms with Crippen molar-refractivity contribution in [3.8, 4) is 0 Å². The number of amides is 1. The van der Waals surface area contributed by atoms with E-state index < -0.39 is 18.8 Å². The van der Waals surface area contributed by atoms with Gasteiger partial charge in [0.15, 0.2) is 0 Å². The highest BCUT2D eigenvalue weighted by Gasteiger charge is 2.30. The maximum Gasteiger partial charge on any atom is 0.401 e. The van der Waals surface area contributed by atoms with E-state index in [4.69, 9.17) is 10.5 Å². The van der Waals surface area contributed by atoms with Gasteiger partial charge in [-0.25, -0.2) is 0 Å². The molecule has 0 unspecified atom stereocenters. The van der Waals surface area contributed by atoms with E-state index in [0.717, 1.165) is 6.42 Å². The minimum absolute atomic E-state index is 0. The zero-order chi connectivity index (χ0) is 15.2. The summed E-state index contributed by atoms with van der Waals surface area (Å²) in [6.45, 7) is 0.0712. The number of nitrogens with zero attached hydrogens (tertiary/aromatic N) is 1. The Bertz CT molecular complexity index is 322. The van der Waals surface area contributed by atoms with E-state index in [2.05, 4.69) is 5.32 Å².